The van der Waals surface area contributed by atoms with E-state index in [9.17, 15) is 14.4 Å². The zero-order valence-electron chi connectivity index (χ0n) is 12.6. The molecule has 0 aromatic rings. The number of ether oxygens (including phenoxy) is 1. The second kappa shape index (κ2) is 7.26. The van der Waals surface area contributed by atoms with Crippen LogP contribution in [-0.2, 0) is 19.1 Å². The van der Waals surface area contributed by atoms with E-state index in [0.29, 0.717) is 19.5 Å². The SMILES string of the molecule is COC(=O)CC1CC(NC(=O)C(C)C)CN(C(C)=O)C1. The number of esters is 1. The van der Waals surface area contributed by atoms with Crippen LogP contribution in [0.5, 0.6) is 0 Å². The predicted molar refractivity (Wildman–Crippen MR) is 73.8 cm³/mol. The summed E-state index contributed by atoms with van der Waals surface area (Å²) in [5.41, 5.74) is 0. The minimum atomic E-state index is -0.283. The van der Waals surface area contributed by atoms with E-state index in [2.05, 4.69) is 10.1 Å². The minimum Gasteiger partial charge on any atom is -0.469 e. The van der Waals surface area contributed by atoms with Gasteiger partial charge in [0.25, 0.3) is 0 Å². The molecule has 6 nitrogen and oxygen atoms in total. The number of piperidine rings is 1. The smallest absolute Gasteiger partial charge is 0.305 e. The van der Waals surface area contributed by atoms with Crippen molar-refractivity contribution in [2.45, 2.75) is 39.7 Å². The first-order valence-electron chi connectivity index (χ1n) is 6.96. The highest BCUT2D eigenvalue weighted by Crippen LogP contribution is 2.21. The van der Waals surface area contributed by atoms with Gasteiger partial charge in [-0.15, -0.1) is 0 Å². The fraction of sp³-hybridized carbons (Fsp3) is 0.786. The van der Waals surface area contributed by atoms with Gasteiger partial charge in [-0.1, -0.05) is 13.8 Å². The number of nitrogens with one attached hydrogen (secondary N) is 1. The van der Waals surface area contributed by atoms with Gasteiger partial charge in [0.1, 0.15) is 0 Å². The molecule has 114 valence electrons. The van der Waals surface area contributed by atoms with Crippen LogP contribution in [0.25, 0.3) is 0 Å². The van der Waals surface area contributed by atoms with Crippen molar-refractivity contribution in [1.29, 1.82) is 0 Å². The lowest BCUT2D eigenvalue weighted by molar-refractivity contribution is -0.143. The molecule has 1 aliphatic rings. The Balaban J connectivity index is 2.67. The number of methoxy groups -OCH3 is 1. The van der Waals surface area contributed by atoms with E-state index in [1.165, 1.54) is 14.0 Å². The fourth-order valence-electron chi connectivity index (χ4n) is 2.40. The van der Waals surface area contributed by atoms with Gasteiger partial charge in [0.05, 0.1) is 13.5 Å². The summed E-state index contributed by atoms with van der Waals surface area (Å²) < 4.78 is 4.67. The Morgan fingerprint density at radius 2 is 1.95 bits per heavy atom. The maximum atomic E-state index is 11.8. The van der Waals surface area contributed by atoms with Crippen LogP contribution in [0, 0.1) is 11.8 Å². The van der Waals surface area contributed by atoms with Crippen molar-refractivity contribution in [2.75, 3.05) is 20.2 Å². The molecular weight excluding hydrogens is 260 g/mol. The minimum absolute atomic E-state index is 0.0255. The zero-order valence-corrected chi connectivity index (χ0v) is 12.6. The maximum absolute atomic E-state index is 11.8. The molecule has 0 aromatic heterocycles. The molecular formula is C14H24N2O4. The molecule has 20 heavy (non-hydrogen) atoms. The standard InChI is InChI=1S/C14H24N2O4/c1-9(2)14(19)15-12-5-11(6-13(18)20-4)7-16(8-12)10(3)17/h9,11-12H,5-8H2,1-4H3,(H,15,19). The Morgan fingerprint density at radius 1 is 1.30 bits per heavy atom. The molecule has 1 rings (SSSR count). The van der Waals surface area contributed by atoms with Crippen LogP contribution in [0.3, 0.4) is 0 Å². The number of rotatable bonds is 4. The summed E-state index contributed by atoms with van der Waals surface area (Å²) in [5, 5.41) is 2.94. The van der Waals surface area contributed by atoms with Crippen molar-refractivity contribution >= 4 is 17.8 Å². The molecule has 1 saturated heterocycles. The van der Waals surface area contributed by atoms with E-state index in [0.717, 1.165) is 0 Å². The molecule has 6 heteroatoms. The van der Waals surface area contributed by atoms with E-state index in [4.69, 9.17) is 0 Å². The first kappa shape index (κ1) is 16.5. The maximum Gasteiger partial charge on any atom is 0.305 e. The van der Waals surface area contributed by atoms with Crippen molar-refractivity contribution in [3.63, 3.8) is 0 Å². The number of hydrogen-bond acceptors (Lipinski definition) is 4. The molecule has 0 aromatic carbocycles. The molecule has 0 spiro atoms. The summed E-state index contributed by atoms with van der Waals surface area (Å²) in [5.74, 6) is -0.422. The summed E-state index contributed by atoms with van der Waals surface area (Å²) in [4.78, 5) is 36.4. The normalized spacial score (nSPS) is 22.6. The molecule has 2 atom stereocenters. The largest absolute Gasteiger partial charge is 0.469 e. The van der Waals surface area contributed by atoms with Gasteiger partial charge in [0.2, 0.25) is 11.8 Å². The highest BCUT2D eigenvalue weighted by atomic mass is 16.5. The van der Waals surface area contributed by atoms with Crippen LogP contribution in [0.2, 0.25) is 0 Å². The number of likely N-dealkylation sites (tertiary alicyclic amines) is 1. The Morgan fingerprint density at radius 3 is 2.45 bits per heavy atom. The van der Waals surface area contributed by atoms with Crippen LogP contribution >= 0.6 is 0 Å². The molecule has 2 amide bonds. The Kier molecular flexibility index (Phi) is 5.98. The van der Waals surface area contributed by atoms with Gasteiger partial charge in [0, 0.05) is 32.0 Å². The van der Waals surface area contributed by atoms with Crippen molar-refractivity contribution in [2.24, 2.45) is 11.8 Å². The summed E-state index contributed by atoms with van der Waals surface area (Å²) in [7, 11) is 1.35. The van der Waals surface area contributed by atoms with Crippen LogP contribution in [-0.4, -0.2) is 48.9 Å². The molecule has 0 aliphatic carbocycles. The first-order valence-corrected chi connectivity index (χ1v) is 6.96. The second-order valence-electron chi connectivity index (χ2n) is 5.67. The molecule has 0 saturated carbocycles. The summed E-state index contributed by atoms with van der Waals surface area (Å²) >= 11 is 0. The van der Waals surface area contributed by atoms with Gasteiger partial charge in [-0.05, 0) is 12.3 Å². The van der Waals surface area contributed by atoms with Crippen molar-refractivity contribution in [3.8, 4) is 0 Å². The third-order valence-corrected chi connectivity index (χ3v) is 3.54. The third-order valence-electron chi connectivity index (χ3n) is 3.54. The molecule has 2 unspecified atom stereocenters. The third kappa shape index (κ3) is 4.83. The predicted octanol–water partition coefficient (Wildman–Crippen LogP) is 0.559. The van der Waals surface area contributed by atoms with Gasteiger partial charge >= 0.3 is 5.97 Å². The Bertz CT molecular complexity index is 381. The lowest BCUT2D eigenvalue weighted by Gasteiger charge is -2.37. The van der Waals surface area contributed by atoms with Gasteiger partial charge in [-0.2, -0.15) is 0 Å². The second-order valence-corrected chi connectivity index (χ2v) is 5.67. The number of carbonyl (C=O) groups excluding carboxylic acids is 3. The molecule has 1 heterocycles. The van der Waals surface area contributed by atoms with Gasteiger partial charge in [-0.3, -0.25) is 14.4 Å². The average Bonchev–Trinajstić information content (AvgIpc) is 2.37. The van der Waals surface area contributed by atoms with Gasteiger partial charge < -0.3 is 15.0 Å². The highest BCUT2D eigenvalue weighted by molar-refractivity contribution is 5.78. The molecule has 1 fully saturated rings. The lowest BCUT2D eigenvalue weighted by atomic mass is 9.91. The van der Waals surface area contributed by atoms with E-state index in [-0.39, 0.29) is 42.1 Å². The van der Waals surface area contributed by atoms with E-state index in [1.54, 1.807) is 4.90 Å². The van der Waals surface area contributed by atoms with Gasteiger partial charge in [0.15, 0.2) is 0 Å². The van der Waals surface area contributed by atoms with E-state index < -0.39 is 0 Å². The Labute approximate surface area is 119 Å². The van der Waals surface area contributed by atoms with E-state index >= 15 is 0 Å². The lowest BCUT2D eigenvalue weighted by Crippen LogP contribution is -2.53. The van der Waals surface area contributed by atoms with Crippen molar-refractivity contribution in [1.82, 2.24) is 10.2 Å². The number of nitrogens with zero attached hydrogens (tertiary/aromatic N) is 1. The molecule has 1 aliphatic heterocycles. The van der Waals surface area contributed by atoms with E-state index in [1.807, 2.05) is 13.8 Å². The van der Waals surface area contributed by atoms with Crippen LogP contribution < -0.4 is 5.32 Å². The zero-order chi connectivity index (χ0) is 15.3. The monoisotopic (exact) mass is 284 g/mol. The number of hydrogen-bond donors (Lipinski definition) is 1. The summed E-state index contributed by atoms with van der Waals surface area (Å²) in [6.07, 6.45) is 0.964. The molecule has 0 radical (unpaired) electrons. The topological polar surface area (TPSA) is 75.7 Å². The summed E-state index contributed by atoms with van der Waals surface area (Å²) in [6, 6.07) is -0.0998. The van der Waals surface area contributed by atoms with Crippen LogP contribution in [0.1, 0.15) is 33.6 Å². The molecule has 1 N–H and O–H groups in total. The van der Waals surface area contributed by atoms with Crippen LogP contribution in [0.15, 0.2) is 0 Å². The van der Waals surface area contributed by atoms with Crippen LogP contribution in [0.4, 0.5) is 0 Å². The highest BCUT2D eigenvalue weighted by Gasteiger charge is 2.31. The first-order chi connectivity index (χ1) is 9.33. The number of amides is 2. The van der Waals surface area contributed by atoms with Crippen molar-refractivity contribution < 1.29 is 19.1 Å². The fourth-order valence-corrected chi connectivity index (χ4v) is 2.40. The quantitative estimate of drug-likeness (QED) is 0.765. The summed E-state index contributed by atoms with van der Waals surface area (Å²) in [6.45, 7) is 6.20. The average molecular weight is 284 g/mol. The molecule has 0 bridgehead atoms. The van der Waals surface area contributed by atoms with Gasteiger partial charge in [-0.25, -0.2) is 0 Å². The van der Waals surface area contributed by atoms with Crippen molar-refractivity contribution in [3.05, 3.63) is 0 Å². The Hall–Kier alpha value is -1.59. The number of carbonyl (C=O) groups is 3.